The van der Waals surface area contributed by atoms with Gasteiger partial charge in [-0.05, 0) is 69.4 Å². The zero-order chi connectivity index (χ0) is 36.3. The molecule has 4 amide bonds. The lowest BCUT2D eigenvalue weighted by Gasteiger charge is -2.32. The third-order valence-electron chi connectivity index (χ3n) is 10.9. The highest BCUT2D eigenvalue weighted by molar-refractivity contribution is 7.91. The summed E-state index contributed by atoms with van der Waals surface area (Å²) < 4.78 is 35.5. The Morgan fingerprint density at radius 3 is 2.65 bits per heavy atom. The van der Waals surface area contributed by atoms with Gasteiger partial charge in [-0.25, -0.2) is 13.2 Å². The summed E-state index contributed by atoms with van der Waals surface area (Å²) in [7, 11) is -4.00. The van der Waals surface area contributed by atoms with Gasteiger partial charge in [-0.2, -0.15) is 4.98 Å². The number of para-hydroxylation sites is 1. The molecule has 3 fully saturated rings. The molecule has 0 unspecified atom stereocenters. The maximum Gasteiger partial charge on any atom is 0.405 e. The Kier molecular flexibility index (Phi) is 8.66. The van der Waals surface area contributed by atoms with Gasteiger partial charge >= 0.3 is 6.09 Å². The molecule has 0 radical (unpaired) electrons. The van der Waals surface area contributed by atoms with Crippen LogP contribution in [-0.2, 0) is 24.4 Å². The Bertz CT molecular complexity index is 2050. The maximum absolute atomic E-state index is 14.4. The molecule has 0 spiro atoms. The number of rotatable bonds is 6. The Balaban J connectivity index is 1.23. The van der Waals surface area contributed by atoms with E-state index in [1.165, 1.54) is 11.2 Å². The monoisotopic (exact) mass is 722 g/mol. The van der Waals surface area contributed by atoms with E-state index >= 15 is 0 Å². The predicted molar refractivity (Wildman–Crippen MR) is 183 cm³/mol. The van der Waals surface area contributed by atoms with Crippen molar-refractivity contribution in [3.05, 3.63) is 42.7 Å². The maximum atomic E-state index is 14.4. The molecule has 4 aliphatic rings. The molecule has 4 heterocycles. The summed E-state index contributed by atoms with van der Waals surface area (Å²) in [6.07, 6.45) is 6.11. The summed E-state index contributed by atoms with van der Waals surface area (Å²) in [6, 6.07) is 5.00. The first-order chi connectivity index (χ1) is 24.2. The van der Waals surface area contributed by atoms with Crippen molar-refractivity contribution >= 4 is 50.5 Å². The highest BCUT2D eigenvalue weighted by atomic mass is 32.2. The lowest BCUT2D eigenvalue weighted by molar-refractivity contribution is -0.142. The van der Waals surface area contributed by atoms with Crippen LogP contribution in [0.25, 0.3) is 16.7 Å². The molecule has 2 aliphatic heterocycles. The standard InChI is InChI=1S/C34H42N8O8S/c1-19-8-4-5-9-21-16-34(21,30(45)40-51(48,49)33(3)12-13-33)38-27(43)25-15-22(17-41(25)29(44)26(20(2)14-19)36-32(46)47)50-28-23-10-6-7-11-24(23)42-18-35-39-31(42)37-28/h5-7,9-11,18-22,25-26,36H,4,8,12-17H2,1-3H3,(H,38,43)(H,40,45)(H,46,47)/t19-,20+,21+,22+,25-,26-,34+/m0/s1. The van der Waals surface area contributed by atoms with Crippen molar-refractivity contribution < 1.29 is 37.4 Å². The Hall–Kier alpha value is -4.80. The summed E-state index contributed by atoms with van der Waals surface area (Å²) in [5.41, 5.74) is -0.818. The van der Waals surface area contributed by atoms with E-state index in [-0.39, 0.29) is 37.0 Å². The van der Waals surface area contributed by atoms with Crippen molar-refractivity contribution in [3.8, 4) is 5.88 Å². The molecule has 272 valence electrons. The van der Waals surface area contributed by atoms with E-state index in [2.05, 4.69) is 30.5 Å². The zero-order valence-electron chi connectivity index (χ0n) is 28.6. The van der Waals surface area contributed by atoms with E-state index in [1.54, 1.807) is 18.2 Å². The third kappa shape index (κ3) is 6.47. The van der Waals surface area contributed by atoms with Gasteiger partial charge in [0.15, 0.2) is 0 Å². The molecular weight excluding hydrogens is 680 g/mol. The van der Waals surface area contributed by atoms with Crippen molar-refractivity contribution in [1.82, 2.24) is 39.8 Å². The highest BCUT2D eigenvalue weighted by Gasteiger charge is 2.63. The summed E-state index contributed by atoms with van der Waals surface area (Å²) in [5, 5.41) is 23.7. The molecule has 2 saturated carbocycles. The van der Waals surface area contributed by atoms with E-state index in [0.29, 0.717) is 31.1 Å². The number of ether oxygens (including phenoxy) is 1. The number of carbonyl (C=O) groups is 4. The van der Waals surface area contributed by atoms with Gasteiger partial charge in [0.05, 0.1) is 22.2 Å². The number of benzene rings is 1. The highest BCUT2D eigenvalue weighted by Crippen LogP contribution is 2.47. The SMILES string of the molecule is C[C@H]1CCC=C[C@@H]2C[C@@]2(C(=O)NS(=O)(=O)C2(C)CC2)NC(=O)[C@@H]2C[C@@H](Oc3nc4nncn4c4ccccc34)CN2C(=O)[C@@H](NC(=O)O)[C@H](C)C1. The minimum Gasteiger partial charge on any atom is -0.472 e. The van der Waals surface area contributed by atoms with Crippen molar-refractivity contribution in [2.45, 2.75) is 94.2 Å². The predicted octanol–water partition coefficient (Wildman–Crippen LogP) is 2.15. The number of allylic oxidation sites excluding steroid dienone is 1. The summed E-state index contributed by atoms with van der Waals surface area (Å²) in [4.78, 5) is 60.3. The van der Waals surface area contributed by atoms with Crippen molar-refractivity contribution in [2.24, 2.45) is 17.8 Å². The van der Waals surface area contributed by atoms with E-state index in [4.69, 9.17) is 4.74 Å². The molecule has 17 heteroatoms. The van der Waals surface area contributed by atoms with E-state index in [1.807, 2.05) is 43.3 Å². The fraction of sp³-hybridized carbons (Fsp3) is 0.559. The average Bonchev–Trinajstić information content (AvgIpc) is 3.86. The van der Waals surface area contributed by atoms with Gasteiger partial charge in [0.2, 0.25) is 27.7 Å². The van der Waals surface area contributed by atoms with Gasteiger partial charge in [0.1, 0.15) is 30.1 Å². The van der Waals surface area contributed by atoms with E-state index in [9.17, 15) is 32.7 Å². The normalized spacial score (nSPS) is 30.8. The van der Waals surface area contributed by atoms with Gasteiger partial charge in [-0.1, -0.05) is 38.1 Å². The van der Waals surface area contributed by atoms with Crippen LogP contribution in [0.1, 0.15) is 65.7 Å². The number of hydrogen-bond acceptors (Lipinski definition) is 10. The summed E-state index contributed by atoms with van der Waals surface area (Å²) in [6.45, 7) is 5.33. The smallest absolute Gasteiger partial charge is 0.405 e. The fourth-order valence-electron chi connectivity index (χ4n) is 7.47. The minimum absolute atomic E-state index is 0.00932. The second-order valence-corrected chi connectivity index (χ2v) is 17.0. The van der Waals surface area contributed by atoms with Crippen LogP contribution >= 0.6 is 0 Å². The van der Waals surface area contributed by atoms with Crippen LogP contribution in [0, 0.1) is 17.8 Å². The second-order valence-electron chi connectivity index (χ2n) is 14.8. The molecule has 51 heavy (non-hydrogen) atoms. The van der Waals surface area contributed by atoms with Crippen LogP contribution in [0.2, 0.25) is 0 Å². The third-order valence-corrected chi connectivity index (χ3v) is 13.1. The molecule has 1 aromatic carbocycles. The van der Waals surface area contributed by atoms with Gasteiger partial charge < -0.3 is 25.4 Å². The number of aromatic nitrogens is 4. The van der Waals surface area contributed by atoms with E-state index in [0.717, 1.165) is 11.9 Å². The Morgan fingerprint density at radius 2 is 1.90 bits per heavy atom. The molecule has 2 aromatic heterocycles. The quantitative estimate of drug-likeness (QED) is 0.271. The Labute approximate surface area is 294 Å². The molecule has 0 bridgehead atoms. The summed E-state index contributed by atoms with van der Waals surface area (Å²) >= 11 is 0. The van der Waals surface area contributed by atoms with Crippen LogP contribution in [0.4, 0.5) is 4.79 Å². The number of nitrogens with one attached hydrogen (secondary N) is 3. The topological polar surface area (TPSA) is 214 Å². The molecule has 7 atom stereocenters. The van der Waals surface area contributed by atoms with Gasteiger partial charge in [0.25, 0.3) is 11.7 Å². The Morgan fingerprint density at radius 1 is 1.14 bits per heavy atom. The molecule has 3 aromatic rings. The van der Waals surface area contributed by atoms with Gasteiger partial charge in [0, 0.05) is 12.3 Å². The van der Waals surface area contributed by atoms with Crippen LogP contribution in [0.5, 0.6) is 5.88 Å². The molecule has 16 nitrogen and oxygen atoms in total. The summed E-state index contributed by atoms with van der Waals surface area (Å²) in [5.74, 6) is -2.35. The van der Waals surface area contributed by atoms with Crippen LogP contribution in [0.15, 0.2) is 42.7 Å². The first-order valence-corrected chi connectivity index (χ1v) is 18.8. The fourth-order valence-corrected chi connectivity index (χ4v) is 8.78. The van der Waals surface area contributed by atoms with Gasteiger partial charge in [-0.15, -0.1) is 10.2 Å². The minimum atomic E-state index is -4.00. The molecular formula is C34H42N8O8S. The number of hydrogen-bond donors (Lipinski definition) is 4. The van der Waals surface area contributed by atoms with Crippen molar-refractivity contribution in [3.63, 3.8) is 0 Å². The number of nitrogens with zero attached hydrogens (tertiary/aromatic N) is 5. The first kappa shape index (κ1) is 34.6. The average molecular weight is 723 g/mol. The van der Waals surface area contributed by atoms with Crippen LogP contribution < -0.4 is 20.1 Å². The van der Waals surface area contributed by atoms with Crippen molar-refractivity contribution in [2.75, 3.05) is 6.54 Å². The number of sulfonamides is 1. The lowest BCUT2D eigenvalue weighted by atomic mass is 9.88. The molecule has 1 saturated heterocycles. The van der Waals surface area contributed by atoms with Crippen LogP contribution in [0.3, 0.4) is 0 Å². The first-order valence-electron chi connectivity index (χ1n) is 17.3. The molecule has 7 rings (SSSR count). The zero-order valence-corrected chi connectivity index (χ0v) is 29.4. The number of amides is 4. The molecule has 4 N–H and O–H groups in total. The number of carboxylic acid groups (broad SMARTS) is 1. The van der Waals surface area contributed by atoms with Crippen LogP contribution in [-0.4, -0.2) is 96.8 Å². The van der Waals surface area contributed by atoms with Gasteiger partial charge in [-0.3, -0.25) is 23.5 Å². The van der Waals surface area contributed by atoms with Crippen molar-refractivity contribution in [1.29, 1.82) is 0 Å². The molecule has 2 aliphatic carbocycles. The van der Waals surface area contributed by atoms with E-state index < -0.39 is 74.1 Å². The largest absolute Gasteiger partial charge is 0.472 e. The number of fused-ring (bicyclic) bond motifs is 5. The lowest BCUT2D eigenvalue weighted by Crippen LogP contribution is -2.59. The second kappa shape index (κ2) is 12.8. The number of carbonyl (C=O) groups excluding carboxylic acids is 3.